The lowest BCUT2D eigenvalue weighted by Crippen LogP contribution is -2.49. The summed E-state index contributed by atoms with van der Waals surface area (Å²) < 4.78 is 0. The molecule has 0 aromatic carbocycles. The second-order valence-electron chi connectivity index (χ2n) is 4.79. The molecule has 94 valence electrons. The van der Waals surface area contributed by atoms with Gasteiger partial charge in [0.1, 0.15) is 0 Å². The molecule has 1 saturated heterocycles. The van der Waals surface area contributed by atoms with Gasteiger partial charge in [0.05, 0.1) is 6.04 Å². The van der Waals surface area contributed by atoms with Crippen molar-refractivity contribution in [2.75, 3.05) is 13.1 Å². The van der Waals surface area contributed by atoms with Gasteiger partial charge >= 0.3 is 0 Å². The maximum atomic E-state index is 12.1. The van der Waals surface area contributed by atoms with E-state index in [1.165, 1.54) is 19.3 Å². The lowest BCUT2D eigenvalue weighted by atomic mass is 10.1. The van der Waals surface area contributed by atoms with Crippen LogP contribution in [0.2, 0.25) is 0 Å². The molecule has 1 fully saturated rings. The second-order valence-corrected chi connectivity index (χ2v) is 4.79. The first-order chi connectivity index (χ1) is 7.69. The molecule has 3 heteroatoms. The number of carbonyl (C=O) groups excluding carboxylic acids is 1. The lowest BCUT2D eigenvalue weighted by Gasteiger charge is -2.31. The maximum absolute atomic E-state index is 12.1. The minimum atomic E-state index is -0.0250. The molecule has 1 N–H and O–H groups in total. The first-order valence-electron chi connectivity index (χ1n) is 6.73. The molecule has 0 aliphatic carbocycles. The fourth-order valence-electron chi connectivity index (χ4n) is 2.34. The monoisotopic (exact) mass is 226 g/mol. The molecule has 1 atom stereocenters. The third kappa shape index (κ3) is 3.78. The second kappa shape index (κ2) is 6.89. The summed E-state index contributed by atoms with van der Waals surface area (Å²) in [7, 11) is 0. The van der Waals surface area contributed by atoms with Gasteiger partial charge in [-0.05, 0) is 39.0 Å². The molecule has 16 heavy (non-hydrogen) atoms. The summed E-state index contributed by atoms with van der Waals surface area (Å²) in [5.74, 6) is 0.284. The van der Waals surface area contributed by atoms with E-state index in [1.807, 2.05) is 11.8 Å². The van der Waals surface area contributed by atoms with Crippen LogP contribution in [-0.2, 0) is 4.79 Å². The van der Waals surface area contributed by atoms with Gasteiger partial charge in [-0.25, -0.2) is 0 Å². The molecule has 0 spiro atoms. The molecule has 1 rings (SSSR count). The zero-order chi connectivity index (χ0) is 12.0. The van der Waals surface area contributed by atoms with E-state index in [1.54, 1.807) is 0 Å². The highest BCUT2D eigenvalue weighted by Gasteiger charge is 2.22. The molecule has 1 heterocycles. The first kappa shape index (κ1) is 13.5. The molecule has 0 radical (unpaired) electrons. The fraction of sp³-hybridized carbons (Fsp3) is 0.923. The van der Waals surface area contributed by atoms with Crippen LogP contribution in [0.5, 0.6) is 0 Å². The Bertz CT molecular complexity index is 208. The van der Waals surface area contributed by atoms with Gasteiger partial charge in [0, 0.05) is 19.1 Å². The fourth-order valence-corrected chi connectivity index (χ4v) is 2.34. The van der Waals surface area contributed by atoms with E-state index in [2.05, 4.69) is 19.2 Å². The van der Waals surface area contributed by atoms with Gasteiger partial charge < -0.3 is 10.2 Å². The van der Waals surface area contributed by atoms with Crippen molar-refractivity contribution in [1.29, 1.82) is 0 Å². The Hall–Kier alpha value is -0.570. The van der Waals surface area contributed by atoms with Crippen molar-refractivity contribution >= 4 is 5.91 Å². The van der Waals surface area contributed by atoms with Crippen molar-refractivity contribution in [2.24, 2.45) is 0 Å². The van der Waals surface area contributed by atoms with Crippen molar-refractivity contribution < 1.29 is 4.79 Å². The molecular formula is C13H26N2O. The molecule has 0 saturated carbocycles. The van der Waals surface area contributed by atoms with Crippen LogP contribution in [0.4, 0.5) is 0 Å². The standard InChI is InChI=1S/C13H26N2O/c1-4-12(5-2)14-11(3)13(16)15-9-7-6-8-10-15/h11-12,14H,4-10H2,1-3H3. The molecule has 1 aliphatic heterocycles. The van der Waals surface area contributed by atoms with Crippen molar-refractivity contribution in [3.05, 3.63) is 0 Å². The van der Waals surface area contributed by atoms with Gasteiger partial charge in [0.25, 0.3) is 0 Å². The molecule has 1 unspecified atom stereocenters. The van der Waals surface area contributed by atoms with Crippen molar-refractivity contribution in [2.45, 2.75) is 65.0 Å². The van der Waals surface area contributed by atoms with Crippen LogP contribution in [0, 0.1) is 0 Å². The van der Waals surface area contributed by atoms with Gasteiger partial charge in [-0.3, -0.25) is 4.79 Å². The van der Waals surface area contributed by atoms with Crippen molar-refractivity contribution in [3.8, 4) is 0 Å². The minimum Gasteiger partial charge on any atom is -0.341 e. The van der Waals surface area contributed by atoms with Crippen LogP contribution in [0.1, 0.15) is 52.9 Å². The lowest BCUT2D eigenvalue weighted by molar-refractivity contribution is -0.134. The third-order valence-electron chi connectivity index (χ3n) is 3.51. The van der Waals surface area contributed by atoms with Gasteiger partial charge in [-0.15, -0.1) is 0 Å². The molecule has 3 nitrogen and oxygen atoms in total. The van der Waals surface area contributed by atoms with E-state index in [9.17, 15) is 4.79 Å². The summed E-state index contributed by atoms with van der Waals surface area (Å²) in [6, 6.07) is 0.451. The predicted molar refractivity (Wildman–Crippen MR) is 67.4 cm³/mol. The predicted octanol–water partition coefficient (Wildman–Crippen LogP) is 2.17. The van der Waals surface area contributed by atoms with E-state index in [0.717, 1.165) is 25.9 Å². The van der Waals surface area contributed by atoms with Crippen molar-refractivity contribution in [3.63, 3.8) is 0 Å². The van der Waals surface area contributed by atoms with E-state index >= 15 is 0 Å². The van der Waals surface area contributed by atoms with E-state index in [0.29, 0.717) is 6.04 Å². The van der Waals surface area contributed by atoms with Gasteiger partial charge in [0.15, 0.2) is 0 Å². The number of carbonyl (C=O) groups is 1. The Balaban J connectivity index is 2.39. The summed E-state index contributed by atoms with van der Waals surface area (Å²) in [5, 5.41) is 3.42. The summed E-state index contributed by atoms with van der Waals surface area (Å²) in [4.78, 5) is 14.1. The van der Waals surface area contributed by atoms with Crippen LogP contribution in [0.15, 0.2) is 0 Å². The highest BCUT2D eigenvalue weighted by molar-refractivity contribution is 5.81. The smallest absolute Gasteiger partial charge is 0.239 e. The molecule has 1 amide bonds. The Morgan fingerprint density at radius 1 is 1.19 bits per heavy atom. The number of nitrogens with one attached hydrogen (secondary N) is 1. The summed E-state index contributed by atoms with van der Waals surface area (Å²) in [6.07, 6.45) is 5.80. The number of nitrogens with zero attached hydrogens (tertiary/aromatic N) is 1. The Morgan fingerprint density at radius 3 is 2.25 bits per heavy atom. The number of likely N-dealkylation sites (tertiary alicyclic amines) is 1. The van der Waals surface area contributed by atoms with E-state index < -0.39 is 0 Å². The topological polar surface area (TPSA) is 32.3 Å². The van der Waals surface area contributed by atoms with E-state index in [-0.39, 0.29) is 11.9 Å². The van der Waals surface area contributed by atoms with Gasteiger partial charge in [0.2, 0.25) is 5.91 Å². The van der Waals surface area contributed by atoms with Crippen LogP contribution >= 0.6 is 0 Å². The normalized spacial score (nSPS) is 18.9. The molecule has 0 aromatic rings. The molecule has 1 aliphatic rings. The number of rotatable bonds is 5. The molecule has 0 bridgehead atoms. The first-order valence-corrected chi connectivity index (χ1v) is 6.73. The molecular weight excluding hydrogens is 200 g/mol. The number of hydrogen-bond acceptors (Lipinski definition) is 2. The Morgan fingerprint density at radius 2 is 1.75 bits per heavy atom. The quantitative estimate of drug-likeness (QED) is 0.779. The number of hydrogen-bond donors (Lipinski definition) is 1. The van der Waals surface area contributed by atoms with Crippen LogP contribution < -0.4 is 5.32 Å². The highest BCUT2D eigenvalue weighted by atomic mass is 16.2. The Labute approximate surface area is 99.6 Å². The zero-order valence-corrected chi connectivity index (χ0v) is 11.0. The largest absolute Gasteiger partial charge is 0.341 e. The highest BCUT2D eigenvalue weighted by Crippen LogP contribution is 2.10. The number of piperidine rings is 1. The minimum absolute atomic E-state index is 0.0250. The van der Waals surface area contributed by atoms with Crippen molar-refractivity contribution in [1.82, 2.24) is 10.2 Å². The van der Waals surface area contributed by atoms with Crippen LogP contribution in [0.25, 0.3) is 0 Å². The Kier molecular flexibility index (Phi) is 5.81. The van der Waals surface area contributed by atoms with E-state index in [4.69, 9.17) is 0 Å². The summed E-state index contributed by atoms with van der Waals surface area (Å²) in [5.41, 5.74) is 0. The maximum Gasteiger partial charge on any atom is 0.239 e. The van der Waals surface area contributed by atoms with Crippen LogP contribution in [0.3, 0.4) is 0 Å². The summed E-state index contributed by atoms with van der Waals surface area (Å²) >= 11 is 0. The summed E-state index contributed by atoms with van der Waals surface area (Å²) in [6.45, 7) is 8.23. The molecule has 0 aromatic heterocycles. The SMILES string of the molecule is CCC(CC)NC(C)C(=O)N1CCCCC1. The zero-order valence-electron chi connectivity index (χ0n) is 11.0. The average molecular weight is 226 g/mol. The average Bonchev–Trinajstić information content (AvgIpc) is 2.35. The van der Waals surface area contributed by atoms with Gasteiger partial charge in [-0.1, -0.05) is 13.8 Å². The van der Waals surface area contributed by atoms with Crippen LogP contribution in [-0.4, -0.2) is 36.0 Å². The number of amides is 1. The van der Waals surface area contributed by atoms with Gasteiger partial charge in [-0.2, -0.15) is 0 Å². The third-order valence-corrected chi connectivity index (χ3v) is 3.51.